The minimum absolute atomic E-state index is 0.106. The van der Waals surface area contributed by atoms with Crippen LogP contribution in [0.25, 0.3) is 0 Å². The zero-order valence-corrected chi connectivity index (χ0v) is 20.6. The second kappa shape index (κ2) is 10.1. The molecule has 35 heavy (non-hydrogen) atoms. The van der Waals surface area contributed by atoms with E-state index in [0.29, 0.717) is 0 Å². The molecule has 180 valence electrons. The van der Waals surface area contributed by atoms with Gasteiger partial charge >= 0.3 is 0 Å². The molecule has 0 radical (unpaired) electrons. The van der Waals surface area contributed by atoms with Crippen LogP contribution in [-0.2, 0) is 0 Å². The number of rotatable bonds is 6. The Morgan fingerprint density at radius 1 is 0.971 bits per heavy atom. The number of benzene rings is 2. The number of carbonyl (C=O) groups excluding carboxylic acids is 1. The standard InChI is InChI=1S/C28H28FN3O2S/c1-19-20(2)35-28(30-27(33)24-9-6-18-34-24)25(19)26(21-10-12-22(29)13-11-21)32-16-14-31(15-17-32)23-7-4-3-5-8-23/h3-13,18,26H,14-17H2,1-2H3,(H,30,33). The summed E-state index contributed by atoms with van der Waals surface area (Å²) in [5.74, 6) is -0.260. The number of nitrogens with zero attached hydrogens (tertiary/aromatic N) is 2. The van der Waals surface area contributed by atoms with E-state index in [2.05, 4.69) is 53.2 Å². The van der Waals surface area contributed by atoms with Crippen LogP contribution in [0.2, 0.25) is 0 Å². The molecule has 1 N–H and O–H groups in total. The molecule has 2 aromatic heterocycles. The number of hydrogen-bond donors (Lipinski definition) is 1. The highest BCUT2D eigenvalue weighted by Crippen LogP contribution is 2.43. The first kappa shape index (κ1) is 23.3. The molecule has 7 heteroatoms. The van der Waals surface area contributed by atoms with Crippen molar-refractivity contribution in [2.45, 2.75) is 19.9 Å². The molecule has 1 fully saturated rings. The smallest absolute Gasteiger partial charge is 0.291 e. The number of amides is 1. The maximum atomic E-state index is 13.8. The summed E-state index contributed by atoms with van der Waals surface area (Å²) in [6, 6.07) is 20.4. The van der Waals surface area contributed by atoms with Gasteiger partial charge in [0.25, 0.3) is 5.91 Å². The van der Waals surface area contributed by atoms with Crippen molar-refractivity contribution in [3.05, 3.63) is 106 Å². The van der Waals surface area contributed by atoms with Crippen LogP contribution in [0.3, 0.4) is 0 Å². The molecule has 0 bridgehead atoms. The number of thiophene rings is 1. The third-order valence-corrected chi connectivity index (χ3v) is 7.80. The van der Waals surface area contributed by atoms with E-state index in [1.165, 1.54) is 24.1 Å². The van der Waals surface area contributed by atoms with Gasteiger partial charge in [0.15, 0.2) is 5.76 Å². The summed E-state index contributed by atoms with van der Waals surface area (Å²) >= 11 is 1.57. The van der Waals surface area contributed by atoms with Gasteiger partial charge in [-0.05, 0) is 61.4 Å². The third kappa shape index (κ3) is 4.88. The predicted octanol–water partition coefficient (Wildman–Crippen LogP) is 6.26. The number of halogens is 1. The fourth-order valence-electron chi connectivity index (χ4n) is 4.72. The van der Waals surface area contributed by atoms with Crippen LogP contribution in [0.15, 0.2) is 77.4 Å². The first-order valence-electron chi connectivity index (χ1n) is 11.8. The Morgan fingerprint density at radius 3 is 2.34 bits per heavy atom. The predicted molar refractivity (Wildman–Crippen MR) is 139 cm³/mol. The van der Waals surface area contributed by atoms with Gasteiger partial charge < -0.3 is 14.6 Å². The molecule has 0 spiro atoms. The second-order valence-electron chi connectivity index (χ2n) is 8.77. The molecule has 1 amide bonds. The lowest BCUT2D eigenvalue weighted by Gasteiger charge is -2.41. The summed E-state index contributed by atoms with van der Waals surface area (Å²) in [5.41, 5.74) is 4.44. The van der Waals surface area contributed by atoms with Gasteiger partial charge in [0, 0.05) is 42.3 Å². The average molecular weight is 490 g/mol. The van der Waals surface area contributed by atoms with E-state index < -0.39 is 0 Å². The number of hydrogen-bond acceptors (Lipinski definition) is 5. The van der Waals surface area contributed by atoms with E-state index in [-0.39, 0.29) is 23.5 Å². The highest BCUT2D eigenvalue weighted by molar-refractivity contribution is 7.16. The van der Waals surface area contributed by atoms with Gasteiger partial charge in [-0.1, -0.05) is 30.3 Å². The summed E-state index contributed by atoms with van der Waals surface area (Å²) in [6.45, 7) is 7.63. The number of carbonyl (C=O) groups is 1. The average Bonchev–Trinajstić information content (AvgIpc) is 3.51. The minimum atomic E-state index is -0.274. The summed E-state index contributed by atoms with van der Waals surface area (Å²) in [7, 11) is 0. The van der Waals surface area contributed by atoms with Gasteiger partial charge in [0.2, 0.25) is 0 Å². The molecule has 5 nitrogen and oxygen atoms in total. The molecule has 1 unspecified atom stereocenters. The van der Waals surface area contributed by atoms with Gasteiger partial charge in [-0.3, -0.25) is 9.69 Å². The molecule has 4 aromatic rings. The first-order chi connectivity index (χ1) is 17.0. The molecule has 5 rings (SSSR count). The monoisotopic (exact) mass is 489 g/mol. The molecule has 0 aliphatic carbocycles. The molecule has 1 aliphatic heterocycles. The maximum absolute atomic E-state index is 13.8. The summed E-state index contributed by atoms with van der Waals surface area (Å²) in [5, 5.41) is 3.89. The van der Waals surface area contributed by atoms with Gasteiger partial charge in [-0.2, -0.15) is 0 Å². The molecule has 1 aliphatic rings. The SMILES string of the molecule is Cc1sc(NC(=O)c2ccco2)c(C(c2ccc(F)cc2)N2CCN(c3ccccc3)CC2)c1C. The number of aryl methyl sites for hydroxylation is 1. The van der Waals surface area contributed by atoms with Crippen molar-refractivity contribution < 1.29 is 13.6 Å². The molecule has 1 atom stereocenters. The van der Waals surface area contributed by atoms with Crippen molar-refractivity contribution in [1.29, 1.82) is 0 Å². The van der Waals surface area contributed by atoms with E-state index in [0.717, 1.165) is 52.7 Å². The highest BCUT2D eigenvalue weighted by atomic mass is 32.1. The lowest BCUT2D eigenvalue weighted by Crippen LogP contribution is -2.48. The molecule has 2 aromatic carbocycles. The van der Waals surface area contributed by atoms with Crippen molar-refractivity contribution in [3.8, 4) is 0 Å². The van der Waals surface area contributed by atoms with E-state index in [4.69, 9.17) is 4.42 Å². The van der Waals surface area contributed by atoms with E-state index in [1.54, 1.807) is 23.5 Å². The zero-order valence-electron chi connectivity index (χ0n) is 19.8. The normalized spacial score (nSPS) is 15.2. The fourth-order valence-corrected chi connectivity index (χ4v) is 5.81. The Balaban J connectivity index is 1.49. The summed E-state index contributed by atoms with van der Waals surface area (Å²) in [6.07, 6.45) is 1.49. The number of furan rings is 1. The number of anilines is 2. The number of para-hydroxylation sites is 1. The lowest BCUT2D eigenvalue weighted by molar-refractivity contribution is 0.0996. The molecule has 1 saturated heterocycles. The maximum Gasteiger partial charge on any atom is 0.291 e. The van der Waals surface area contributed by atoms with Crippen molar-refractivity contribution >= 4 is 27.9 Å². The molecule has 0 saturated carbocycles. The van der Waals surface area contributed by atoms with Crippen LogP contribution in [0.5, 0.6) is 0 Å². The van der Waals surface area contributed by atoms with Crippen LogP contribution in [0, 0.1) is 19.7 Å². The van der Waals surface area contributed by atoms with E-state index >= 15 is 0 Å². The zero-order chi connectivity index (χ0) is 24.4. The molecular formula is C28H28FN3O2S. The van der Waals surface area contributed by atoms with Crippen molar-refractivity contribution in [2.24, 2.45) is 0 Å². The van der Waals surface area contributed by atoms with Gasteiger partial charge in [-0.25, -0.2) is 4.39 Å². The molecule has 3 heterocycles. The second-order valence-corrected chi connectivity index (χ2v) is 9.99. The van der Waals surface area contributed by atoms with Crippen LogP contribution < -0.4 is 10.2 Å². The fraction of sp³-hybridized carbons (Fsp3) is 0.250. The summed E-state index contributed by atoms with van der Waals surface area (Å²) in [4.78, 5) is 18.8. The number of piperazine rings is 1. The van der Waals surface area contributed by atoms with Gasteiger partial charge in [-0.15, -0.1) is 11.3 Å². The van der Waals surface area contributed by atoms with E-state index in [9.17, 15) is 9.18 Å². The Hall–Kier alpha value is -3.42. The van der Waals surface area contributed by atoms with Crippen LogP contribution in [0.4, 0.5) is 15.1 Å². The summed E-state index contributed by atoms with van der Waals surface area (Å²) < 4.78 is 19.1. The molecular weight excluding hydrogens is 461 g/mol. The topological polar surface area (TPSA) is 48.7 Å². The highest BCUT2D eigenvalue weighted by Gasteiger charge is 2.32. The quantitative estimate of drug-likeness (QED) is 0.347. The lowest BCUT2D eigenvalue weighted by atomic mass is 9.94. The largest absolute Gasteiger partial charge is 0.459 e. The Bertz CT molecular complexity index is 1280. The van der Waals surface area contributed by atoms with Crippen LogP contribution in [-0.4, -0.2) is 37.0 Å². The van der Waals surface area contributed by atoms with Crippen molar-refractivity contribution in [3.63, 3.8) is 0 Å². The van der Waals surface area contributed by atoms with Crippen LogP contribution in [0.1, 0.15) is 38.2 Å². The minimum Gasteiger partial charge on any atom is -0.459 e. The third-order valence-electron chi connectivity index (χ3n) is 6.66. The van der Waals surface area contributed by atoms with Crippen LogP contribution >= 0.6 is 11.3 Å². The Kier molecular flexibility index (Phi) is 6.70. The van der Waals surface area contributed by atoms with Crippen molar-refractivity contribution in [2.75, 3.05) is 36.4 Å². The number of nitrogens with one attached hydrogen (secondary N) is 1. The first-order valence-corrected chi connectivity index (χ1v) is 12.6. The Labute approximate surface area is 208 Å². The van der Waals surface area contributed by atoms with E-state index in [1.807, 2.05) is 18.2 Å². The van der Waals surface area contributed by atoms with Gasteiger partial charge in [0.05, 0.1) is 12.3 Å². The Morgan fingerprint density at radius 2 is 1.69 bits per heavy atom. The van der Waals surface area contributed by atoms with Gasteiger partial charge in [0.1, 0.15) is 10.8 Å². The van der Waals surface area contributed by atoms with Crippen molar-refractivity contribution in [1.82, 2.24) is 4.90 Å².